The maximum atomic E-state index is 12.3. The molecule has 0 fully saturated rings. The van der Waals surface area contributed by atoms with Crippen molar-refractivity contribution in [2.45, 2.75) is 17.9 Å². The van der Waals surface area contributed by atoms with Crippen molar-refractivity contribution in [2.75, 3.05) is 12.8 Å². The number of benzene rings is 1. The molecular formula is C12H15N3O3S2. The minimum atomic E-state index is -3.65. The van der Waals surface area contributed by atoms with Gasteiger partial charge in [0.15, 0.2) is 0 Å². The van der Waals surface area contributed by atoms with E-state index in [0.29, 0.717) is 10.8 Å². The van der Waals surface area contributed by atoms with Crippen LogP contribution in [-0.4, -0.2) is 20.5 Å². The molecule has 0 amide bonds. The van der Waals surface area contributed by atoms with Crippen molar-refractivity contribution in [1.29, 1.82) is 0 Å². The molecule has 0 saturated heterocycles. The average molecular weight is 313 g/mol. The highest BCUT2D eigenvalue weighted by molar-refractivity contribution is 7.89. The maximum Gasteiger partial charge on any atom is 0.241 e. The molecule has 2 rings (SSSR count). The predicted octanol–water partition coefficient (Wildman–Crippen LogP) is 1.77. The Labute approximate surface area is 121 Å². The Hall–Kier alpha value is -1.64. The molecule has 1 unspecified atom stereocenters. The first kappa shape index (κ1) is 14.8. The first-order chi connectivity index (χ1) is 9.44. The van der Waals surface area contributed by atoms with E-state index >= 15 is 0 Å². The van der Waals surface area contributed by atoms with Crippen LogP contribution in [0.3, 0.4) is 0 Å². The lowest BCUT2D eigenvalue weighted by Gasteiger charge is -2.13. The van der Waals surface area contributed by atoms with Crippen LogP contribution in [0.15, 0.2) is 34.7 Å². The van der Waals surface area contributed by atoms with E-state index in [4.69, 9.17) is 10.5 Å². The minimum Gasteiger partial charge on any atom is -0.495 e. The summed E-state index contributed by atoms with van der Waals surface area (Å²) in [6.45, 7) is 1.74. The number of rotatable bonds is 5. The van der Waals surface area contributed by atoms with Gasteiger partial charge in [-0.15, -0.1) is 11.3 Å². The van der Waals surface area contributed by atoms with E-state index in [1.807, 2.05) is 0 Å². The summed E-state index contributed by atoms with van der Waals surface area (Å²) in [5.41, 5.74) is 6.00. The second-order valence-electron chi connectivity index (χ2n) is 4.12. The smallest absolute Gasteiger partial charge is 0.241 e. The van der Waals surface area contributed by atoms with Gasteiger partial charge in [-0.1, -0.05) is 0 Å². The fourth-order valence-corrected chi connectivity index (χ4v) is 3.64. The summed E-state index contributed by atoms with van der Waals surface area (Å²) in [5.74, 6) is 0.442. The number of hydrogen-bond acceptors (Lipinski definition) is 6. The Kier molecular flexibility index (Phi) is 4.26. The van der Waals surface area contributed by atoms with Gasteiger partial charge in [0.05, 0.1) is 23.7 Å². The minimum absolute atomic E-state index is 0.0965. The molecular weight excluding hydrogens is 298 g/mol. The number of ether oxygens (including phenoxy) is 1. The zero-order chi connectivity index (χ0) is 14.8. The van der Waals surface area contributed by atoms with Crippen LogP contribution in [0.4, 0.5) is 5.69 Å². The molecule has 1 aromatic carbocycles. The number of nitrogens with one attached hydrogen (secondary N) is 1. The summed E-state index contributed by atoms with van der Waals surface area (Å²) in [5, 5.41) is 2.50. The number of thiazole rings is 1. The molecule has 0 aliphatic heterocycles. The summed E-state index contributed by atoms with van der Waals surface area (Å²) >= 11 is 1.39. The third-order valence-corrected chi connectivity index (χ3v) is 5.16. The van der Waals surface area contributed by atoms with Crippen molar-refractivity contribution >= 4 is 27.0 Å². The lowest BCUT2D eigenvalue weighted by atomic mass is 10.3. The largest absolute Gasteiger partial charge is 0.495 e. The van der Waals surface area contributed by atoms with Gasteiger partial charge >= 0.3 is 0 Å². The number of nitrogens with two attached hydrogens (primary N) is 1. The van der Waals surface area contributed by atoms with Gasteiger partial charge in [-0.3, -0.25) is 0 Å². The van der Waals surface area contributed by atoms with Crippen LogP contribution in [0.2, 0.25) is 0 Å². The number of sulfonamides is 1. The first-order valence-corrected chi connectivity index (χ1v) is 8.15. The number of aromatic nitrogens is 1. The van der Waals surface area contributed by atoms with Gasteiger partial charge in [-0.05, 0) is 25.1 Å². The monoisotopic (exact) mass is 313 g/mol. The van der Waals surface area contributed by atoms with E-state index in [1.54, 1.807) is 18.5 Å². The van der Waals surface area contributed by atoms with Crippen LogP contribution in [-0.2, 0) is 10.0 Å². The van der Waals surface area contributed by atoms with Crippen LogP contribution in [0.5, 0.6) is 5.75 Å². The fraction of sp³-hybridized carbons (Fsp3) is 0.250. The molecule has 2 aromatic rings. The van der Waals surface area contributed by atoms with E-state index < -0.39 is 16.1 Å². The topological polar surface area (TPSA) is 94.3 Å². The van der Waals surface area contributed by atoms with Crippen molar-refractivity contribution < 1.29 is 13.2 Å². The second kappa shape index (κ2) is 5.78. The first-order valence-electron chi connectivity index (χ1n) is 5.79. The van der Waals surface area contributed by atoms with Gasteiger partial charge in [-0.25, -0.2) is 18.1 Å². The standard InChI is InChI=1S/C12H15N3O3S2/c1-8(12-14-5-6-19-12)15-20(16,17)9-3-4-11(18-2)10(13)7-9/h3-8,15H,13H2,1-2H3. The fourth-order valence-electron chi connectivity index (χ4n) is 1.68. The highest BCUT2D eigenvalue weighted by Crippen LogP contribution is 2.25. The molecule has 108 valence electrons. The SMILES string of the molecule is COc1ccc(S(=O)(=O)NC(C)c2nccs2)cc1N. The van der Waals surface area contributed by atoms with Gasteiger partial charge in [0.1, 0.15) is 10.8 Å². The average Bonchev–Trinajstić information content (AvgIpc) is 2.92. The highest BCUT2D eigenvalue weighted by Gasteiger charge is 2.20. The molecule has 20 heavy (non-hydrogen) atoms. The molecule has 6 nitrogen and oxygen atoms in total. The maximum absolute atomic E-state index is 12.3. The molecule has 1 heterocycles. The van der Waals surface area contributed by atoms with Gasteiger partial charge in [0.2, 0.25) is 10.0 Å². The van der Waals surface area contributed by atoms with Crippen molar-refractivity contribution in [3.8, 4) is 5.75 Å². The van der Waals surface area contributed by atoms with Crippen molar-refractivity contribution in [2.24, 2.45) is 0 Å². The zero-order valence-corrected chi connectivity index (χ0v) is 12.7. The molecule has 0 aliphatic rings. The Morgan fingerprint density at radius 3 is 2.75 bits per heavy atom. The summed E-state index contributed by atoms with van der Waals surface area (Å²) in [6, 6.07) is 3.95. The summed E-state index contributed by atoms with van der Waals surface area (Å²) in [4.78, 5) is 4.18. The lowest BCUT2D eigenvalue weighted by Crippen LogP contribution is -2.26. The van der Waals surface area contributed by atoms with Crippen LogP contribution >= 0.6 is 11.3 Å². The Morgan fingerprint density at radius 2 is 2.20 bits per heavy atom. The van der Waals surface area contributed by atoms with E-state index in [9.17, 15) is 8.42 Å². The number of nitrogens with zero attached hydrogens (tertiary/aromatic N) is 1. The summed E-state index contributed by atoms with van der Waals surface area (Å²) < 4.78 is 32.1. The van der Waals surface area contributed by atoms with Crippen molar-refractivity contribution in [3.63, 3.8) is 0 Å². The Balaban J connectivity index is 2.24. The van der Waals surface area contributed by atoms with Crippen LogP contribution in [0, 0.1) is 0 Å². The quantitative estimate of drug-likeness (QED) is 0.820. The Morgan fingerprint density at radius 1 is 1.45 bits per heavy atom. The van der Waals surface area contributed by atoms with E-state index in [2.05, 4.69) is 9.71 Å². The molecule has 0 radical (unpaired) electrons. The molecule has 0 spiro atoms. The van der Waals surface area contributed by atoms with Gasteiger partial charge < -0.3 is 10.5 Å². The van der Waals surface area contributed by atoms with Gasteiger partial charge in [0.25, 0.3) is 0 Å². The molecule has 1 aromatic heterocycles. The van der Waals surface area contributed by atoms with Crippen molar-refractivity contribution in [3.05, 3.63) is 34.8 Å². The summed E-state index contributed by atoms with van der Waals surface area (Å²) in [6.07, 6.45) is 1.64. The van der Waals surface area contributed by atoms with E-state index in [1.165, 1.54) is 36.6 Å². The number of anilines is 1. The number of nitrogen functional groups attached to an aromatic ring is 1. The van der Waals surface area contributed by atoms with Crippen LogP contribution in [0.1, 0.15) is 18.0 Å². The highest BCUT2D eigenvalue weighted by atomic mass is 32.2. The van der Waals surface area contributed by atoms with Gasteiger partial charge in [0, 0.05) is 11.6 Å². The van der Waals surface area contributed by atoms with E-state index in [0.717, 1.165) is 0 Å². The third-order valence-electron chi connectivity index (χ3n) is 2.67. The zero-order valence-electron chi connectivity index (χ0n) is 11.0. The third kappa shape index (κ3) is 3.09. The number of hydrogen-bond donors (Lipinski definition) is 2. The van der Waals surface area contributed by atoms with Crippen LogP contribution < -0.4 is 15.2 Å². The molecule has 0 bridgehead atoms. The van der Waals surface area contributed by atoms with Crippen LogP contribution in [0.25, 0.3) is 0 Å². The van der Waals surface area contributed by atoms with Crippen molar-refractivity contribution in [1.82, 2.24) is 9.71 Å². The normalized spacial score (nSPS) is 13.1. The number of methoxy groups -OCH3 is 1. The lowest BCUT2D eigenvalue weighted by molar-refractivity contribution is 0.416. The Bertz CT molecular complexity index is 684. The predicted molar refractivity (Wildman–Crippen MR) is 78.3 cm³/mol. The second-order valence-corrected chi connectivity index (χ2v) is 6.76. The molecule has 1 atom stereocenters. The van der Waals surface area contributed by atoms with Gasteiger partial charge in [-0.2, -0.15) is 0 Å². The summed E-state index contributed by atoms with van der Waals surface area (Å²) in [7, 11) is -2.18. The molecule has 3 N–H and O–H groups in total. The molecule has 0 aliphatic carbocycles. The van der Waals surface area contributed by atoms with E-state index in [-0.39, 0.29) is 10.6 Å². The molecule has 0 saturated carbocycles. The molecule has 8 heteroatoms.